The molecule has 2 rings (SSSR count). The second kappa shape index (κ2) is 3.81. The Morgan fingerprint density at radius 2 is 2.00 bits per heavy atom. The molecule has 1 N–H and O–H groups in total. The first-order valence-corrected chi connectivity index (χ1v) is 4.75. The highest BCUT2D eigenvalue weighted by molar-refractivity contribution is 5.33. The second-order valence-electron chi connectivity index (χ2n) is 3.61. The number of rotatable bonds is 1. The van der Waals surface area contributed by atoms with Crippen molar-refractivity contribution >= 4 is 0 Å². The van der Waals surface area contributed by atoms with Crippen molar-refractivity contribution in [2.24, 2.45) is 0 Å². The molecule has 1 nitrogen and oxygen atoms in total. The minimum Gasteiger partial charge on any atom is -0.390 e. The Kier molecular flexibility index (Phi) is 2.61. The van der Waals surface area contributed by atoms with Gasteiger partial charge in [-0.1, -0.05) is 6.08 Å². The van der Waals surface area contributed by atoms with Crippen LogP contribution in [0.4, 0.5) is 17.6 Å². The highest BCUT2D eigenvalue weighted by Crippen LogP contribution is 2.33. The average molecular weight is 231 g/mol. The summed E-state index contributed by atoms with van der Waals surface area (Å²) in [6, 6.07) is 2.49. The molecule has 0 aromatic heterocycles. The van der Waals surface area contributed by atoms with Crippen molar-refractivity contribution in [1.29, 1.82) is 0 Å². The van der Waals surface area contributed by atoms with Crippen LogP contribution in [0.25, 0.3) is 0 Å². The molecule has 0 aliphatic carbocycles. The molecule has 1 aromatic carbocycles. The Hall–Kier alpha value is -1.52. The molecule has 16 heavy (non-hydrogen) atoms. The maximum atomic E-state index is 13.4. The molecule has 1 unspecified atom stereocenters. The van der Waals surface area contributed by atoms with Gasteiger partial charge in [-0.2, -0.15) is 13.2 Å². The maximum Gasteiger partial charge on any atom is 0.416 e. The number of halogens is 4. The molecule has 0 saturated heterocycles. The van der Waals surface area contributed by atoms with Crippen LogP contribution in [0.5, 0.6) is 0 Å². The fraction of sp³-hybridized carbons (Fsp3) is 0.273. The monoisotopic (exact) mass is 231 g/mol. The van der Waals surface area contributed by atoms with Crippen molar-refractivity contribution in [2.75, 3.05) is 6.54 Å². The Labute approximate surface area is 89.8 Å². The van der Waals surface area contributed by atoms with E-state index in [2.05, 4.69) is 5.32 Å². The number of hydrogen-bond acceptors (Lipinski definition) is 1. The highest BCUT2D eigenvalue weighted by atomic mass is 19.4. The zero-order chi connectivity index (χ0) is 11.8. The summed E-state index contributed by atoms with van der Waals surface area (Å²) in [7, 11) is 0. The van der Waals surface area contributed by atoms with Crippen LogP contribution in [0.15, 0.2) is 30.5 Å². The van der Waals surface area contributed by atoms with E-state index in [-0.39, 0.29) is 11.5 Å². The lowest BCUT2D eigenvalue weighted by molar-refractivity contribution is -0.137. The van der Waals surface area contributed by atoms with Gasteiger partial charge in [-0.05, 0) is 30.0 Å². The minimum atomic E-state index is -4.43. The third-order valence-corrected chi connectivity index (χ3v) is 2.51. The summed E-state index contributed by atoms with van der Waals surface area (Å²) >= 11 is 0. The fourth-order valence-electron chi connectivity index (χ4n) is 1.67. The van der Waals surface area contributed by atoms with Gasteiger partial charge in [0.2, 0.25) is 0 Å². The third-order valence-electron chi connectivity index (χ3n) is 2.51. The minimum absolute atomic E-state index is 0.0797. The number of nitrogens with one attached hydrogen (secondary N) is 1. The van der Waals surface area contributed by atoms with E-state index >= 15 is 0 Å². The third kappa shape index (κ3) is 2.03. The van der Waals surface area contributed by atoms with Gasteiger partial charge in [-0.15, -0.1) is 0 Å². The lowest BCUT2D eigenvalue weighted by Crippen LogP contribution is -2.11. The van der Waals surface area contributed by atoms with Crippen molar-refractivity contribution in [3.05, 3.63) is 47.4 Å². The first-order valence-electron chi connectivity index (χ1n) is 4.75. The summed E-state index contributed by atoms with van der Waals surface area (Å²) in [5, 5.41) is 2.83. The summed E-state index contributed by atoms with van der Waals surface area (Å²) in [5.74, 6) is -0.936. The number of alkyl halides is 3. The van der Waals surface area contributed by atoms with Crippen LogP contribution in [-0.4, -0.2) is 6.54 Å². The van der Waals surface area contributed by atoms with E-state index in [1.807, 2.05) is 0 Å². The molecule has 5 heteroatoms. The first kappa shape index (κ1) is 11.0. The van der Waals surface area contributed by atoms with E-state index in [0.717, 1.165) is 18.2 Å². The summed E-state index contributed by atoms with van der Waals surface area (Å²) in [4.78, 5) is 0. The fourth-order valence-corrected chi connectivity index (χ4v) is 1.67. The normalized spacial score (nSPS) is 19.9. The summed E-state index contributed by atoms with van der Waals surface area (Å²) in [6.45, 7) is 0.429. The average Bonchev–Trinajstić information content (AvgIpc) is 2.69. The van der Waals surface area contributed by atoms with Crippen molar-refractivity contribution < 1.29 is 17.6 Å². The molecule has 1 atom stereocenters. The molecule has 1 aliphatic rings. The molecule has 0 spiro atoms. The summed E-state index contributed by atoms with van der Waals surface area (Å²) in [6.07, 6.45) is -1.17. The van der Waals surface area contributed by atoms with E-state index < -0.39 is 17.6 Å². The van der Waals surface area contributed by atoms with E-state index in [9.17, 15) is 17.6 Å². The van der Waals surface area contributed by atoms with Gasteiger partial charge in [0.05, 0.1) is 5.56 Å². The van der Waals surface area contributed by atoms with Crippen molar-refractivity contribution in [3.8, 4) is 0 Å². The molecule has 86 valence electrons. The van der Waals surface area contributed by atoms with Gasteiger partial charge in [-0.25, -0.2) is 4.39 Å². The largest absolute Gasteiger partial charge is 0.416 e. The predicted octanol–water partition coefficient (Wildman–Crippen LogP) is 3.05. The molecule has 1 heterocycles. The highest BCUT2D eigenvalue weighted by Gasteiger charge is 2.31. The van der Waals surface area contributed by atoms with Gasteiger partial charge in [0.1, 0.15) is 5.82 Å². The maximum absolute atomic E-state index is 13.4. The van der Waals surface area contributed by atoms with Gasteiger partial charge in [0.25, 0.3) is 0 Å². The van der Waals surface area contributed by atoms with Crippen LogP contribution in [-0.2, 0) is 6.18 Å². The van der Waals surface area contributed by atoms with Crippen molar-refractivity contribution in [3.63, 3.8) is 0 Å². The van der Waals surface area contributed by atoms with Crippen LogP contribution in [0, 0.1) is 5.82 Å². The van der Waals surface area contributed by atoms with Crippen LogP contribution < -0.4 is 5.32 Å². The quantitative estimate of drug-likeness (QED) is 0.732. The molecule has 0 radical (unpaired) electrons. The lowest BCUT2D eigenvalue weighted by atomic mass is 9.97. The number of benzene rings is 1. The van der Waals surface area contributed by atoms with Gasteiger partial charge in [-0.3, -0.25) is 0 Å². The van der Waals surface area contributed by atoms with E-state index in [1.165, 1.54) is 0 Å². The van der Waals surface area contributed by atoms with Gasteiger partial charge in [0, 0.05) is 12.5 Å². The van der Waals surface area contributed by atoms with Gasteiger partial charge in [0.15, 0.2) is 0 Å². The molecule has 1 aliphatic heterocycles. The molecular weight excluding hydrogens is 222 g/mol. The van der Waals surface area contributed by atoms with Crippen LogP contribution in [0.2, 0.25) is 0 Å². The smallest absolute Gasteiger partial charge is 0.390 e. The van der Waals surface area contributed by atoms with Crippen molar-refractivity contribution in [2.45, 2.75) is 12.1 Å². The standard InChI is InChI=1S/C11H9F4N/c12-10-2-1-8(11(13,14)15)5-9(10)7-3-4-16-6-7/h1-5,7,16H,6H2. The summed E-state index contributed by atoms with van der Waals surface area (Å²) < 4.78 is 50.7. The Bertz CT molecular complexity index is 422. The molecule has 0 fully saturated rings. The summed E-state index contributed by atoms with van der Waals surface area (Å²) in [5.41, 5.74) is -0.736. The lowest BCUT2D eigenvalue weighted by Gasteiger charge is -2.13. The molecule has 0 amide bonds. The number of hydrogen-bond donors (Lipinski definition) is 1. The Balaban J connectivity index is 2.40. The molecule has 0 bridgehead atoms. The zero-order valence-corrected chi connectivity index (χ0v) is 8.18. The molecular formula is C11H9F4N. The van der Waals surface area contributed by atoms with E-state index in [4.69, 9.17) is 0 Å². The van der Waals surface area contributed by atoms with E-state index in [1.54, 1.807) is 12.3 Å². The van der Waals surface area contributed by atoms with Gasteiger partial charge < -0.3 is 5.32 Å². The predicted molar refractivity (Wildman–Crippen MR) is 51.3 cm³/mol. The van der Waals surface area contributed by atoms with Crippen molar-refractivity contribution in [1.82, 2.24) is 5.32 Å². The van der Waals surface area contributed by atoms with Crippen LogP contribution in [0.3, 0.4) is 0 Å². The Morgan fingerprint density at radius 3 is 2.56 bits per heavy atom. The second-order valence-corrected chi connectivity index (χ2v) is 3.61. The Morgan fingerprint density at radius 1 is 1.25 bits per heavy atom. The molecule has 0 saturated carbocycles. The van der Waals surface area contributed by atoms with Crippen LogP contribution in [0.1, 0.15) is 17.0 Å². The van der Waals surface area contributed by atoms with Crippen LogP contribution >= 0.6 is 0 Å². The zero-order valence-electron chi connectivity index (χ0n) is 8.18. The van der Waals surface area contributed by atoms with E-state index in [0.29, 0.717) is 6.54 Å². The topological polar surface area (TPSA) is 12.0 Å². The SMILES string of the molecule is Fc1ccc(C(F)(F)F)cc1C1C=CNC1. The first-order chi connectivity index (χ1) is 7.48. The van der Waals surface area contributed by atoms with Gasteiger partial charge >= 0.3 is 6.18 Å². The molecule has 1 aromatic rings.